The highest BCUT2D eigenvalue weighted by Gasteiger charge is 2.43. The van der Waals surface area contributed by atoms with Crippen LogP contribution in [0, 0.1) is 0 Å². The average Bonchev–Trinajstić information content (AvgIpc) is 2.51. The topological polar surface area (TPSA) is 49.4 Å². The summed E-state index contributed by atoms with van der Waals surface area (Å²) in [5.74, 6) is -0.537. The lowest BCUT2D eigenvalue weighted by atomic mass is 10.0. The van der Waals surface area contributed by atoms with Gasteiger partial charge in [-0.2, -0.15) is 0 Å². The number of nitrogens with one attached hydrogen (secondary N) is 1. The van der Waals surface area contributed by atoms with Crippen molar-refractivity contribution in [3.8, 4) is 0 Å². The molecule has 1 aliphatic rings. The molecule has 2 rings (SSSR count). The Labute approximate surface area is 111 Å². The van der Waals surface area contributed by atoms with Crippen LogP contribution in [0.25, 0.3) is 0 Å². The van der Waals surface area contributed by atoms with E-state index in [1.807, 2.05) is 13.8 Å². The fourth-order valence-electron chi connectivity index (χ4n) is 2.27. The normalized spacial score (nSPS) is 15.2. The zero-order chi connectivity index (χ0) is 13.5. The number of imide groups is 1. The van der Waals surface area contributed by atoms with Crippen molar-refractivity contribution in [3.05, 3.63) is 34.3 Å². The molecule has 1 N–H and O–H groups in total. The number of amides is 2. The van der Waals surface area contributed by atoms with Crippen LogP contribution in [0.3, 0.4) is 0 Å². The average molecular weight is 267 g/mol. The van der Waals surface area contributed by atoms with Gasteiger partial charge in [-0.3, -0.25) is 14.5 Å². The zero-order valence-electron chi connectivity index (χ0n) is 10.6. The fourth-order valence-corrected chi connectivity index (χ4v) is 2.45. The molecule has 0 fully saturated rings. The molecule has 0 aliphatic carbocycles. The maximum atomic E-state index is 12.3. The molecule has 1 aliphatic heterocycles. The first-order valence-corrected chi connectivity index (χ1v) is 6.09. The van der Waals surface area contributed by atoms with Gasteiger partial charge in [0.2, 0.25) is 0 Å². The quantitative estimate of drug-likeness (QED) is 0.851. The van der Waals surface area contributed by atoms with Gasteiger partial charge in [0.15, 0.2) is 0 Å². The standard InChI is InChI=1S/C13H15ClN2O2/c1-13(2,7-15-3)16-11(17)9-5-4-8(14)6-10(9)12(16)18/h4-6,15H,7H2,1-3H3. The van der Waals surface area contributed by atoms with Crippen LogP contribution < -0.4 is 5.32 Å². The molecule has 0 aromatic heterocycles. The minimum atomic E-state index is -0.575. The van der Waals surface area contributed by atoms with Crippen LogP contribution in [0.2, 0.25) is 5.02 Å². The lowest BCUT2D eigenvalue weighted by molar-refractivity contribution is 0.0483. The summed E-state index contributed by atoms with van der Waals surface area (Å²) in [4.78, 5) is 25.9. The SMILES string of the molecule is CNCC(C)(C)N1C(=O)c2ccc(Cl)cc2C1=O. The Morgan fingerprint density at radius 3 is 2.44 bits per heavy atom. The van der Waals surface area contributed by atoms with Crippen molar-refractivity contribution >= 4 is 23.4 Å². The number of rotatable bonds is 3. The first-order chi connectivity index (χ1) is 8.38. The van der Waals surface area contributed by atoms with E-state index in [4.69, 9.17) is 11.6 Å². The molecule has 0 saturated heterocycles. The van der Waals surface area contributed by atoms with Crippen LogP contribution in [0.5, 0.6) is 0 Å². The maximum absolute atomic E-state index is 12.3. The third-order valence-electron chi connectivity index (χ3n) is 3.06. The molecule has 0 atom stereocenters. The van der Waals surface area contributed by atoms with E-state index in [9.17, 15) is 9.59 Å². The van der Waals surface area contributed by atoms with Crippen molar-refractivity contribution in [2.75, 3.05) is 13.6 Å². The van der Waals surface area contributed by atoms with Crippen LogP contribution in [0.1, 0.15) is 34.6 Å². The van der Waals surface area contributed by atoms with Gasteiger partial charge in [-0.25, -0.2) is 0 Å². The van der Waals surface area contributed by atoms with Gasteiger partial charge in [-0.05, 0) is 39.1 Å². The Hall–Kier alpha value is -1.39. The molecule has 0 unspecified atom stereocenters. The van der Waals surface area contributed by atoms with Crippen molar-refractivity contribution in [2.24, 2.45) is 0 Å². The Balaban J connectivity index is 2.46. The second-order valence-electron chi connectivity index (χ2n) is 4.98. The molecule has 18 heavy (non-hydrogen) atoms. The Morgan fingerprint density at radius 2 is 1.83 bits per heavy atom. The summed E-state index contributed by atoms with van der Waals surface area (Å²) in [5.41, 5.74) is 0.235. The van der Waals surface area contributed by atoms with Crippen molar-refractivity contribution in [3.63, 3.8) is 0 Å². The van der Waals surface area contributed by atoms with Crippen molar-refractivity contribution < 1.29 is 9.59 Å². The summed E-state index contributed by atoms with van der Waals surface area (Å²) in [6, 6.07) is 4.78. The molecule has 0 saturated carbocycles. The number of nitrogens with zero attached hydrogens (tertiary/aromatic N) is 1. The third-order valence-corrected chi connectivity index (χ3v) is 3.30. The number of likely N-dealkylation sites (N-methyl/N-ethyl adjacent to an activating group) is 1. The Morgan fingerprint density at radius 1 is 1.22 bits per heavy atom. The molecule has 2 amide bonds. The Kier molecular flexibility index (Phi) is 3.17. The van der Waals surface area contributed by atoms with Crippen LogP contribution in [0.15, 0.2) is 18.2 Å². The molecule has 4 nitrogen and oxygen atoms in total. The van der Waals surface area contributed by atoms with E-state index >= 15 is 0 Å². The van der Waals surface area contributed by atoms with Gasteiger partial charge in [-0.15, -0.1) is 0 Å². The summed E-state index contributed by atoms with van der Waals surface area (Å²) < 4.78 is 0. The van der Waals surface area contributed by atoms with Crippen LogP contribution >= 0.6 is 11.6 Å². The fraction of sp³-hybridized carbons (Fsp3) is 0.385. The molecule has 96 valence electrons. The lowest BCUT2D eigenvalue weighted by Gasteiger charge is -2.33. The van der Waals surface area contributed by atoms with Crippen LogP contribution in [-0.2, 0) is 0 Å². The number of benzene rings is 1. The predicted molar refractivity (Wildman–Crippen MR) is 70.0 cm³/mol. The van der Waals surface area contributed by atoms with Crippen molar-refractivity contribution in [1.29, 1.82) is 0 Å². The van der Waals surface area contributed by atoms with E-state index in [1.165, 1.54) is 4.90 Å². The first kappa shape index (κ1) is 13.1. The van der Waals surface area contributed by atoms with E-state index in [-0.39, 0.29) is 11.8 Å². The molecular weight excluding hydrogens is 252 g/mol. The second kappa shape index (κ2) is 4.37. The summed E-state index contributed by atoms with van der Waals surface area (Å²) in [5, 5.41) is 3.45. The minimum absolute atomic E-state index is 0.257. The number of fused-ring (bicyclic) bond motifs is 1. The van der Waals surface area contributed by atoms with E-state index in [2.05, 4.69) is 5.32 Å². The summed E-state index contributed by atoms with van der Waals surface area (Å²) in [7, 11) is 1.79. The number of carbonyl (C=O) groups is 2. The van der Waals surface area contributed by atoms with Gasteiger partial charge in [0.05, 0.1) is 16.7 Å². The smallest absolute Gasteiger partial charge is 0.262 e. The van der Waals surface area contributed by atoms with E-state index < -0.39 is 5.54 Å². The van der Waals surface area contributed by atoms with Gasteiger partial charge in [-0.1, -0.05) is 11.6 Å². The molecule has 0 bridgehead atoms. The van der Waals surface area contributed by atoms with Crippen LogP contribution in [0.4, 0.5) is 0 Å². The zero-order valence-corrected chi connectivity index (χ0v) is 11.3. The lowest BCUT2D eigenvalue weighted by Crippen LogP contribution is -2.52. The van der Waals surface area contributed by atoms with E-state index in [0.717, 1.165) is 0 Å². The number of carbonyl (C=O) groups excluding carboxylic acids is 2. The largest absolute Gasteiger partial charge is 0.317 e. The summed E-state index contributed by atoms with van der Waals surface area (Å²) in [6.07, 6.45) is 0. The van der Waals surface area contributed by atoms with Gasteiger partial charge in [0.1, 0.15) is 0 Å². The molecule has 0 radical (unpaired) electrons. The van der Waals surface area contributed by atoms with Gasteiger partial charge in [0, 0.05) is 11.6 Å². The first-order valence-electron chi connectivity index (χ1n) is 5.71. The number of halogens is 1. The Bertz CT molecular complexity index is 526. The van der Waals surface area contributed by atoms with Gasteiger partial charge >= 0.3 is 0 Å². The third kappa shape index (κ3) is 1.91. The van der Waals surface area contributed by atoms with E-state index in [1.54, 1.807) is 25.2 Å². The highest BCUT2D eigenvalue weighted by atomic mass is 35.5. The molecule has 5 heteroatoms. The van der Waals surface area contributed by atoms with E-state index in [0.29, 0.717) is 22.7 Å². The summed E-state index contributed by atoms with van der Waals surface area (Å²) >= 11 is 5.87. The van der Waals surface area contributed by atoms with Crippen LogP contribution in [-0.4, -0.2) is 35.8 Å². The van der Waals surface area contributed by atoms with Gasteiger partial charge < -0.3 is 5.32 Å². The molecule has 1 aromatic rings. The molecule has 1 aromatic carbocycles. The number of hydrogen-bond donors (Lipinski definition) is 1. The highest BCUT2D eigenvalue weighted by Crippen LogP contribution is 2.30. The summed E-state index contributed by atoms with van der Waals surface area (Å²) in [6.45, 7) is 4.24. The minimum Gasteiger partial charge on any atom is -0.317 e. The molecule has 1 heterocycles. The molecule has 0 spiro atoms. The predicted octanol–water partition coefficient (Wildman–Crippen LogP) is 1.93. The number of hydrogen-bond acceptors (Lipinski definition) is 3. The van der Waals surface area contributed by atoms with Crippen molar-refractivity contribution in [2.45, 2.75) is 19.4 Å². The highest BCUT2D eigenvalue weighted by molar-refractivity contribution is 6.32. The molecular formula is C13H15ClN2O2. The van der Waals surface area contributed by atoms with Crippen molar-refractivity contribution in [1.82, 2.24) is 10.2 Å². The monoisotopic (exact) mass is 266 g/mol. The maximum Gasteiger partial charge on any atom is 0.262 e. The van der Waals surface area contributed by atoms with Gasteiger partial charge in [0.25, 0.3) is 11.8 Å². The second-order valence-corrected chi connectivity index (χ2v) is 5.41.